The van der Waals surface area contributed by atoms with Crippen molar-refractivity contribution in [2.45, 2.75) is 25.7 Å². The molecule has 0 saturated carbocycles. The Hall–Kier alpha value is -1.39. The molecule has 0 amide bonds. The molecule has 88 valence electrons. The monoisotopic (exact) mass is 234 g/mol. The summed E-state index contributed by atoms with van der Waals surface area (Å²) < 4.78 is 49.3. The van der Waals surface area contributed by atoms with Crippen molar-refractivity contribution in [1.29, 1.82) is 0 Å². The number of hydrogen-bond donors (Lipinski definition) is 0. The summed E-state index contributed by atoms with van der Waals surface area (Å²) in [5.41, 5.74) is 0.444. The third-order valence-electron chi connectivity index (χ3n) is 2.20. The van der Waals surface area contributed by atoms with Crippen molar-refractivity contribution in [2.75, 3.05) is 0 Å². The Bertz CT molecular complexity index is 370. The molecular formula is C11H10F4O. The van der Waals surface area contributed by atoms with Gasteiger partial charge in [0, 0.05) is 5.56 Å². The number of Topliss-reactive ketones (excluding diaryl/α,β-unsaturated/α-hetero) is 1. The first-order valence-electron chi connectivity index (χ1n) is 4.69. The van der Waals surface area contributed by atoms with Gasteiger partial charge in [-0.15, -0.1) is 0 Å². The molecule has 1 aromatic carbocycles. The van der Waals surface area contributed by atoms with Gasteiger partial charge in [0.15, 0.2) is 0 Å². The van der Waals surface area contributed by atoms with Crippen LogP contribution in [0.4, 0.5) is 17.6 Å². The Morgan fingerprint density at radius 1 is 1.25 bits per heavy atom. The molecule has 0 fully saturated rings. The zero-order chi connectivity index (χ0) is 12.3. The quantitative estimate of drug-likeness (QED) is 0.576. The smallest absolute Gasteiger partial charge is 0.287 e. The number of halogens is 4. The maximum atomic E-state index is 12.7. The van der Waals surface area contributed by atoms with E-state index in [1.807, 2.05) is 6.92 Å². The standard InChI is InChI=1S/C11H10F4O/c1-2-7-3-5-8(6-4-7)9(16)11(14,15)10(12)13/h3-6,10H,2H2,1H3. The fourth-order valence-corrected chi connectivity index (χ4v) is 1.18. The van der Waals surface area contributed by atoms with E-state index >= 15 is 0 Å². The highest BCUT2D eigenvalue weighted by atomic mass is 19.3. The van der Waals surface area contributed by atoms with Gasteiger partial charge in [0.05, 0.1) is 0 Å². The summed E-state index contributed by atoms with van der Waals surface area (Å²) >= 11 is 0. The van der Waals surface area contributed by atoms with Crippen LogP contribution in [0, 0.1) is 0 Å². The molecule has 0 aliphatic heterocycles. The molecule has 1 aromatic rings. The van der Waals surface area contributed by atoms with Crippen LogP contribution in [0.5, 0.6) is 0 Å². The minimum absolute atomic E-state index is 0.400. The van der Waals surface area contributed by atoms with E-state index in [-0.39, 0.29) is 0 Å². The van der Waals surface area contributed by atoms with E-state index in [0.717, 1.165) is 17.7 Å². The van der Waals surface area contributed by atoms with Crippen molar-refractivity contribution in [3.05, 3.63) is 35.4 Å². The highest BCUT2D eigenvalue weighted by Crippen LogP contribution is 2.27. The number of benzene rings is 1. The molecule has 0 saturated heterocycles. The van der Waals surface area contributed by atoms with E-state index in [2.05, 4.69) is 0 Å². The van der Waals surface area contributed by atoms with Crippen LogP contribution in [0.3, 0.4) is 0 Å². The van der Waals surface area contributed by atoms with Crippen LogP contribution in [0.1, 0.15) is 22.8 Å². The molecule has 1 rings (SSSR count). The van der Waals surface area contributed by atoms with Crippen molar-refractivity contribution < 1.29 is 22.4 Å². The SMILES string of the molecule is CCc1ccc(C(=O)C(F)(F)C(F)F)cc1. The van der Waals surface area contributed by atoms with Crippen LogP contribution in [-0.2, 0) is 6.42 Å². The second-order valence-electron chi connectivity index (χ2n) is 3.30. The summed E-state index contributed by atoms with van der Waals surface area (Å²) in [5, 5.41) is 0. The fraction of sp³-hybridized carbons (Fsp3) is 0.364. The highest BCUT2D eigenvalue weighted by molar-refractivity contribution is 6.01. The first-order valence-corrected chi connectivity index (χ1v) is 4.69. The van der Waals surface area contributed by atoms with E-state index in [4.69, 9.17) is 0 Å². The fourth-order valence-electron chi connectivity index (χ4n) is 1.18. The zero-order valence-electron chi connectivity index (χ0n) is 8.51. The predicted molar refractivity (Wildman–Crippen MR) is 51.1 cm³/mol. The Kier molecular flexibility index (Phi) is 3.67. The predicted octanol–water partition coefficient (Wildman–Crippen LogP) is 3.33. The number of alkyl halides is 4. The highest BCUT2D eigenvalue weighted by Gasteiger charge is 2.48. The molecule has 0 N–H and O–H groups in total. The third-order valence-corrected chi connectivity index (χ3v) is 2.20. The van der Waals surface area contributed by atoms with Gasteiger partial charge in [-0.3, -0.25) is 4.79 Å². The van der Waals surface area contributed by atoms with Gasteiger partial charge in [-0.2, -0.15) is 8.78 Å². The van der Waals surface area contributed by atoms with E-state index in [9.17, 15) is 22.4 Å². The topological polar surface area (TPSA) is 17.1 Å². The van der Waals surface area contributed by atoms with E-state index < -0.39 is 23.7 Å². The number of carbonyl (C=O) groups is 1. The average Bonchev–Trinajstić information content (AvgIpc) is 2.28. The first-order chi connectivity index (χ1) is 7.39. The van der Waals surface area contributed by atoms with Crippen LogP contribution < -0.4 is 0 Å². The normalized spacial score (nSPS) is 11.9. The molecule has 5 heteroatoms. The van der Waals surface area contributed by atoms with Crippen molar-refractivity contribution in [3.63, 3.8) is 0 Å². The molecule has 0 aromatic heterocycles. The molecule has 0 heterocycles. The lowest BCUT2D eigenvalue weighted by molar-refractivity contribution is -0.0958. The lowest BCUT2D eigenvalue weighted by Gasteiger charge is -2.13. The molecule has 1 nitrogen and oxygen atoms in total. The molecule has 0 aliphatic carbocycles. The number of aryl methyl sites for hydroxylation is 1. The van der Waals surface area contributed by atoms with Crippen LogP contribution >= 0.6 is 0 Å². The number of ketones is 1. The molecule has 0 unspecified atom stereocenters. The minimum Gasteiger partial charge on any atom is -0.287 e. The summed E-state index contributed by atoms with van der Waals surface area (Å²) in [6, 6.07) is 5.21. The van der Waals surface area contributed by atoms with Gasteiger partial charge >= 0.3 is 12.3 Å². The van der Waals surface area contributed by atoms with Crippen molar-refractivity contribution >= 4 is 5.78 Å². The molecule has 16 heavy (non-hydrogen) atoms. The summed E-state index contributed by atoms with van der Waals surface area (Å²) in [6.07, 6.45) is -3.30. The Labute approximate surface area is 90.1 Å². The lowest BCUT2D eigenvalue weighted by Crippen LogP contribution is -2.36. The second-order valence-corrected chi connectivity index (χ2v) is 3.30. The van der Waals surface area contributed by atoms with Gasteiger partial charge in [-0.25, -0.2) is 8.78 Å². The first kappa shape index (κ1) is 12.7. The molecule has 0 atom stereocenters. The van der Waals surface area contributed by atoms with Crippen molar-refractivity contribution in [3.8, 4) is 0 Å². The summed E-state index contributed by atoms with van der Waals surface area (Å²) in [4.78, 5) is 11.1. The molecule has 0 aliphatic rings. The van der Waals surface area contributed by atoms with Crippen LogP contribution in [-0.4, -0.2) is 18.1 Å². The van der Waals surface area contributed by atoms with Crippen LogP contribution in [0.25, 0.3) is 0 Å². The average molecular weight is 234 g/mol. The third kappa shape index (κ3) is 2.40. The van der Waals surface area contributed by atoms with Crippen molar-refractivity contribution in [2.24, 2.45) is 0 Å². The molecule has 0 radical (unpaired) electrons. The van der Waals surface area contributed by atoms with E-state index in [1.165, 1.54) is 12.1 Å². The van der Waals surface area contributed by atoms with Gasteiger partial charge in [0.1, 0.15) is 0 Å². The Balaban J connectivity index is 2.97. The zero-order valence-corrected chi connectivity index (χ0v) is 8.51. The summed E-state index contributed by atoms with van der Waals surface area (Å²) in [5.74, 6) is -6.46. The van der Waals surface area contributed by atoms with Crippen LogP contribution in [0.15, 0.2) is 24.3 Å². The lowest BCUT2D eigenvalue weighted by atomic mass is 10.0. The van der Waals surface area contributed by atoms with E-state index in [1.54, 1.807) is 0 Å². The second kappa shape index (κ2) is 4.63. The van der Waals surface area contributed by atoms with Gasteiger partial charge in [0.25, 0.3) is 0 Å². The number of rotatable bonds is 4. The minimum atomic E-state index is -4.62. The number of carbonyl (C=O) groups excluding carboxylic acids is 1. The maximum Gasteiger partial charge on any atom is 0.368 e. The van der Waals surface area contributed by atoms with Gasteiger partial charge < -0.3 is 0 Å². The Morgan fingerprint density at radius 3 is 2.12 bits per heavy atom. The molecular weight excluding hydrogens is 224 g/mol. The van der Waals surface area contributed by atoms with E-state index in [0.29, 0.717) is 6.42 Å². The maximum absolute atomic E-state index is 12.7. The van der Waals surface area contributed by atoms with Crippen molar-refractivity contribution in [1.82, 2.24) is 0 Å². The Morgan fingerprint density at radius 2 is 1.75 bits per heavy atom. The molecule has 0 spiro atoms. The van der Waals surface area contributed by atoms with Gasteiger partial charge in [-0.1, -0.05) is 31.2 Å². The number of hydrogen-bond acceptors (Lipinski definition) is 1. The largest absolute Gasteiger partial charge is 0.368 e. The van der Waals surface area contributed by atoms with Gasteiger partial charge in [0.2, 0.25) is 5.78 Å². The summed E-state index contributed by atoms with van der Waals surface area (Å²) in [6.45, 7) is 1.85. The van der Waals surface area contributed by atoms with Gasteiger partial charge in [-0.05, 0) is 12.0 Å². The summed E-state index contributed by atoms with van der Waals surface area (Å²) in [7, 11) is 0. The molecule has 0 bridgehead atoms. The van der Waals surface area contributed by atoms with Crippen LogP contribution in [0.2, 0.25) is 0 Å².